The highest BCUT2D eigenvalue weighted by Gasteiger charge is 2.60. The summed E-state index contributed by atoms with van der Waals surface area (Å²) in [5.74, 6) is 4.70. The molecule has 0 aliphatic heterocycles. The van der Waals surface area contributed by atoms with E-state index in [9.17, 15) is 9.18 Å². The van der Waals surface area contributed by atoms with Crippen molar-refractivity contribution in [3.05, 3.63) is 11.6 Å². The topological polar surface area (TPSA) is 17.1 Å². The van der Waals surface area contributed by atoms with Crippen molar-refractivity contribution in [1.82, 2.24) is 0 Å². The Balaban J connectivity index is 1.52. The lowest BCUT2D eigenvalue weighted by atomic mass is 9.46. The number of alkyl halides is 1. The summed E-state index contributed by atoms with van der Waals surface area (Å²) in [5, 5.41) is 0. The van der Waals surface area contributed by atoms with Crippen LogP contribution >= 0.6 is 0 Å². The molecule has 0 aromatic rings. The molecular weight excluding hydrogens is 359 g/mol. The Morgan fingerprint density at radius 1 is 1.10 bits per heavy atom. The molecule has 0 saturated heterocycles. The smallest absolute Gasteiger partial charge is 0.136 e. The lowest BCUT2D eigenvalue weighted by Gasteiger charge is -2.58. The van der Waals surface area contributed by atoms with E-state index in [0.29, 0.717) is 35.9 Å². The number of carbonyl (C=O) groups excluding carboxylic acids is 1. The van der Waals surface area contributed by atoms with Crippen molar-refractivity contribution >= 4 is 5.78 Å². The Morgan fingerprint density at radius 3 is 2.62 bits per heavy atom. The van der Waals surface area contributed by atoms with Gasteiger partial charge in [0.05, 0.1) is 6.67 Å². The molecule has 0 radical (unpaired) electrons. The lowest BCUT2D eigenvalue weighted by molar-refractivity contribution is -0.123. The number of fused-ring (bicyclic) bond motifs is 5. The van der Waals surface area contributed by atoms with Gasteiger partial charge < -0.3 is 0 Å². The molecule has 164 valence electrons. The number of halogens is 1. The predicted molar refractivity (Wildman–Crippen MR) is 118 cm³/mol. The van der Waals surface area contributed by atoms with Crippen molar-refractivity contribution in [2.24, 2.45) is 46.3 Å². The maximum Gasteiger partial charge on any atom is 0.136 e. The second-order valence-corrected chi connectivity index (χ2v) is 11.9. The fourth-order valence-electron chi connectivity index (χ4n) is 8.56. The third-order valence-corrected chi connectivity index (χ3v) is 10.1. The van der Waals surface area contributed by atoms with Crippen LogP contribution in [0.15, 0.2) is 11.6 Å². The average Bonchev–Trinajstić information content (AvgIpc) is 3.04. The van der Waals surface area contributed by atoms with Gasteiger partial charge in [0.25, 0.3) is 0 Å². The van der Waals surface area contributed by atoms with Crippen molar-refractivity contribution in [2.75, 3.05) is 6.67 Å². The molecule has 7 atom stereocenters. The zero-order chi connectivity index (χ0) is 20.8. The Bertz CT molecular complexity index is 651. The number of ketones is 1. The molecule has 29 heavy (non-hydrogen) atoms. The van der Waals surface area contributed by atoms with E-state index in [4.69, 9.17) is 0 Å². The van der Waals surface area contributed by atoms with Gasteiger partial charge >= 0.3 is 0 Å². The molecule has 4 aliphatic rings. The van der Waals surface area contributed by atoms with E-state index in [1.165, 1.54) is 50.5 Å². The highest BCUT2D eigenvalue weighted by atomic mass is 19.1. The van der Waals surface area contributed by atoms with Gasteiger partial charge in [-0.1, -0.05) is 58.6 Å². The van der Waals surface area contributed by atoms with Gasteiger partial charge in [-0.15, -0.1) is 0 Å². The molecule has 2 heteroatoms. The van der Waals surface area contributed by atoms with Crippen molar-refractivity contribution in [3.8, 4) is 0 Å². The van der Waals surface area contributed by atoms with E-state index in [1.54, 1.807) is 0 Å². The molecule has 1 nitrogen and oxygen atoms in total. The number of allylic oxidation sites excluding steroid dienone is 2. The van der Waals surface area contributed by atoms with Crippen LogP contribution in [-0.4, -0.2) is 12.5 Å². The third kappa shape index (κ3) is 3.55. The molecule has 3 fully saturated rings. The van der Waals surface area contributed by atoms with Crippen molar-refractivity contribution in [1.29, 1.82) is 0 Å². The summed E-state index contributed by atoms with van der Waals surface area (Å²) >= 11 is 0. The molecule has 3 saturated carbocycles. The van der Waals surface area contributed by atoms with Gasteiger partial charge in [0, 0.05) is 18.3 Å². The molecule has 4 rings (SSSR count). The lowest BCUT2D eigenvalue weighted by Crippen LogP contribution is -2.52. The SMILES string of the molecule is CC(C)CCC[C@@H](C)[C@H]1CC[C@H]2[C@@H]3CC=C4CC(=O)CC[C@]4(CF)[C@H]3CC[C@]12C. The van der Waals surface area contributed by atoms with Crippen LogP contribution in [0, 0.1) is 46.3 Å². The summed E-state index contributed by atoms with van der Waals surface area (Å²) in [4.78, 5) is 12.1. The molecule has 0 N–H and O–H groups in total. The van der Waals surface area contributed by atoms with Gasteiger partial charge in [-0.2, -0.15) is 0 Å². The Kier molecular flexibility index (Phi) is 6.04. The zero-order valence-corrected chi connectivity index (χ0v) is 19.3. The minimum Gasteiger partial charge on any atom is -0.299 e. The summed E-state index contributed by atoms with van der Waals surface area (Å²) in [5.41, 5.74) is 1.34. The van der Waals surface area contributed by atoms with Crippen LogP contribution in [0.3, 0.4) is 0 Å². The fourth-order valence-corrected chi connectivity index (χ4v) is 8.56. The van der Waals surface area contributed by atoms with Crippen molar-refractivity contribution in [3.63, 3.8) is 0 Å². The van der Waals surface area contributed by atoms with Crippen LogP contribution in [0.1, 0.15) is 98.3 Å². The van der Waals surface area contributed by atoms with Crippen LogP contribution in [-0.2, 0) is 4.79 Å². The standard InChI is InChI=1S/C27H43FO/c1-18(2)6-5-7-19(3)23-10-11-24-22-9-8-20-16-21(29)12-15-27(20,17-28)25(22)13-14-26(23,24)4/h8,18-19,22-25H,5-7,9-17H2,1-4H3/t19-,22+,23-,24+,25+,26-,27-/m1/s1. The Labute approximate surface area is 178 Å². The van der Waals surface area contributed by atoms with Gasteiger partial charge in [-0.3, -0.25) is 9.18 Å². The van der Waals surface area contributed by atoms with Gasteiger partial charge in [-0.05, 0) is 79.4 Å². The second kappa shape index (κ2) is 8.12. The van der Waals surface area contributed by atoms with E-state index in [0.717, 1.165) is 36.5 Å². The largest absolute Gasteiger partial charge is 0.299 e. The minimum absolute atomic E-state index is 0.244. The van der Waals surface area contributed by atoms with Crippen LogP contribution in [0.2, 0.25) is 0 Å². The van der Waals surface area contributed by atoms with E-state index < -0.39 is 0 Å². The quantitative estimate of drug-likeness (QED) is 0.419. The van der Waals surface area contributed by atoms with Crippen LogP contribution in [0.4, 0.5) is 4.39 Å². The molecule has 0 amide bonds. The Hall–Kier alpha value is -0.660. The molecule has 0 spiro atoms. The highest BCUT2D eigenvalue weighted by Crippen LogP contribution is 2.67. The first-order valence-electron chi connectivity index (χ1n) is 12.6. The molecule has 0 heterocycles. The zero-order valence-electron chi connectivity index (χ0n) is 19.3. The highest BCUT2D eigenvalue weighted by molar-refractivity contribution is 5.82. The molecule has 0 unspecified atom stereocenters. The monoisotopic (exact) mass is 402 g/mol. The summed E-state index contributed by atoms with van der Waals surface area (Å²) in [7, 11) is 0. The molecule has 0 aromatic heterocycles. The first kappa shape index (κ1) is 21.6. The summed E-state index contributed by atoms with van der Waals surface area (Å²) in [6.45, 7) is 9.54. The number of carbonyl (C=O) groups is 1. The van der Waals surface area contributed by atoms with Crippen molar-refractivity contribution in [2.45, 2.75) is 98.3 Å². The number of hydrogen-bond donors (Lipinski definition) is 0. The summed E-state index contributed by atoms with van der Waals surface area (Å²) in [6, 6.07) is 0. The van der Waals surface area contributed by atoms with E-state index >= 15 is 0 Å². The van der Waals surface area contributed by atoms with E-state index in [1.807, 2.05) is 0 Å². The minimum atomic E-state index is -0.293. The summed E-state index contributed by atoms with van der Waals surface area (Å²) in [6.07, 6.45) is 14.6. The van der Waals surface area contributed by atoms with Crippen LogP contribution < -0.4 is 0 Å². The number of Topliss-reactive ketones (excluding diaryl/α,β-unsaturated/α-hetero) is 1. The molecule has 4 aliphatic carbocycles. The number of rotatable bonds is 6. The van der Waals surface area contributed by atoms with Gasteiger partial charge in [0.15, 0.2) is 0 Å². The maximum atomic E-state index is 14.6. The first-order chi connectivity index (χ1) is 13.8. The van der Waals surface area contributed by atoms with Crippen LogP contribution in [0.5, 0.6) is 0 Å². The van der Waals surface area contributed by atoms with Gasteiger partial charge in [0.1, 0.15) is 5.78 Å². The number of hydrogen-bond acceptors (Lipinski definition) is 1. The fraction of sp³-hybridized carbons (Fsp3) is 0.889. The van der Waals surface area contributed by atoms with Gasteiger partial charge in [-0.25, -0.2) is 0 Å². The first-order valence-corrected chi connectivity index (χ1v) is 12.6. The second-order valence-electron chi connectivity index (χ2n) is 11.9. The van der Waals surface area contributed by atoms with Crippen molar-refractivity contribution < 1.29 is 9.18 Å². The van der Waals surface area contributed by atoms with Gasteiger partial charge in [0.2, 0.25) is 0 Å². The molecule has 0 aromatic carbocycles. The molecular formula is C27H43FO. The normalized spacial score (nSPS) is 42.8. The predicted octanol–water partition coefficient (Wildman–Crippen LogP) is 7.55. The van der Waals surface area contributed by atoms with E-state index in [2.05, 4.69) is 33.8 Å². The third-order valence-electron chi connectivity index (χ3n) is 10.1. The van der Waals surface area contributed by atoms with E-state index in [-0.39, 0.29) is 12.1 Å². The Morgan fingerprint density at radius 2 is 1.90 bits per heavy atom. The van der Waals surface area contributed by atoms with Crippen LogP contribution in [0.25, 0.3) is 0 Å². The summed E-state index contributed by atoms with van der Waals surface area (Å²) < 4.78 is 14.6. The maximum absolute atomic E-state index is 14.6. The average molecular weight is 403 g/mol. The molecule has 0 bridgehead atoms.